The molecule has 0 saturated carbocycles. The Morgan fingerprint density at radius 1 is 0.225 bits per heavy atom. The van der Waals surface area contributed by atoms with Gasteiger partial charge in [0.15, 0.2) is 0 Å². The minimum Gasteiger partial charge on any atom is -0.309 e. The van der Waals surface area contributed by atoms with Crippen LogP contribution in [0.3, 0.4) is 0 Å². The Morgan fingerprint density at radius 3 is 1.04 bits per heavy atom. The van der Waals surface area contributed by atoms with E-state index in [9.17, 15) is 0 Å². The van der Waals surface area contributed by atoms with Crippen molar-refractivity contribution in [2.24, 2.45) is 0 Å². The fourth-order valence-corrected chi connectivity index (χ4v) is 16.6. The van der Waals surface area contributed by atoms with E-state index in [0.717, 1.165) is 0 Å². The van der Waals surface area contributed by atoms with E-state index in [1.807, 2.05) is 0 Å². The summed E-state index contributed by atoms with van der Waals surface area (Å²) in [7, 11) is -1.91. The van der Waals surface area contributed by atoms with Crippen LogP contribution in [-0.4, -0.2) is 12.6 Å². The van der Waals surface area contributed by atoms with Gasteiger partial charge in [-0.15, -0.1) is 0 Å². The van der Waals surface area contributed by atoms with Crippen LogP contribution < -0.4 is 10.4 Å². The number of rotatable bonds is 7. The SMILES string of the molecule is C[Si]1(C)c2ccccc2-c2ccc(-n3c4ccc(-c5ccc(-c6ccc(-c7cc8ccccc8c8ccccc78)cc6)cc5)cc4c4cc(-c5ccc(-c6ccc(-c7cc8ccccc8c8ccccc78)cc6)cc5)ccc43)cc21. The highest BCUT2D eigenvalue weighted by Gasteiger charge is 2.37. The first-order valence-electron chi connectivity index (χ1n) is 28.0. The fraction of sp³-hybridized carbons (Fsp3) is 0.0256. The van der Waals surface area contributed by atoms with Gasteiger partial charge in [0.1, 0.15) is 8.07 Å². The van der Waals surface area contributed by atoms with E-state index in [-0.39, 0.29) is 0 Å². The van der Waals surface area contributed by atoms with Gasteiger partial charge in [0.25, 0.3) is 0 Å². The van der Waals surface area contributed by atoms with Crippen molar-refractivity contribution in [3.8, 4) is 83.6 Å². The molecule has 1 aliphatic heterocycles. The topological polar surface area (TPSA) is 4.93 Å². The zero-order chi connectivity index (χ0) is 53.1. The predicted molar refractivity (Wildman–Crippen MR) is 346 cm³/mol. The smallest absolute Gasteiger partial charge is 0.113 e. The van der Waals surface area contributed by atoms with E-state index in [1.54, 1.807) is 0 Å². The zero-order valence-corrected chi connectivity index (χ0v) is 45.6. The molecular formula is C78H53NSi. The van der Waals surface area contributed by atoms with Gasteiger partial charge in [-0.05, 0) is 180 Å². The second kappa shape index (κ2) is 18.1. The highest BCUT2D eigenvalue weighted by Crippen LogP contribution is 2.42. The van der Waals surface area contributed by atoms with Gasteiger partial charge in [0, 0.05) is 16.5 Å². The molecule has 16 rings (SSSR count). The molecule has 2 heteroatoms. The zero-order valence-electron chi connectivity index (χ0n) is 44.6. The number of fused-ring (bicyclic) bond motifs is 12. The van der Waals surface area contributed by atoms with Gasteiger partial charge in [-0.3, -0.25) is 0 Å². The number of hydrogen-bond donors (Lipinski definition) is 0. The number of nitrogens with zero attached hydrogens (tertiary/aromatic N) is 1. The average molecular weight is 1030 g/mol. The average Bonchev–Trinajstić information content (AvgIpc) is 4.05. The lowest BCUT2D eigenvalue weighted by Gasteiger charge is -2.20. The standard InChI is InChI=1S/C78H53NSi/c1-80(2)77-22-12-11-21-69(77)70-42-41-62(49-78(70)80)79-75-43-39-58(54-27-23-50(24-28-54)52-31-35-56(36-32-52)71-47-60-13-3-5-15-63(60)65-17-7-9-19-67(65)71)45-73(75)74-46-59(40-44-76(74)79)55-29-25-51(26-30-55)53-33-37-57(38-34-53)72-48-61-14-4-6-16-64(61)66-18-8-10-20-68(66)72/h3-49H,1-2H3. The number of benzene rings is 14. The molecule has 14 aromatic carbocycles. The van der Waals surface area contributed by atoms with Crippen LogP contribution in [0.2, 0.25) is 13.1 Å². The molecule has 80 heavy (non-hydrogen) atoms. The third kappa shape index (κ3) is 7.37. The van der Waals surface area contributed by atoms with E-state index >= 15 is 0 Å². The van der Waals surface area contributed by atoms with Gasteiger partial charge in [-0.25, -0.2) is 0 Å². The highest BCUT2D eigenvalue weighted by atomic mass is 28.3. The van der Waals surface area contributed by atoms with Crippen molar-refractivity contribution < 1.29 is 0 Å². The molecule has 1 aromatic heterocycles. The molecule has 0 amide bonds. The van der Waals surface area contributed by atoms with E-state index < -0.39 is 8.07 Å². The van der Waals surface area contributed by atoms with Gasteiger partial charge in [-0.1, -0.05) is 250 Å². The third-order valence-electron chi connectivity index (χ3n) is 17.6. The summed E-state index contributed by atoms with van der Waals surface area (Å²) in [5.41, 5.74) is 21.0. The quantitative estimate of drug-likeness (QED) is 0.111. The Hall–Kier alpha value is -9.86. The summed E-state index contributed by atoms with van der Waals surface area (Å²) < 4.78 is 2.51. The van der Waals surface area contributed by atoms with Crippen molar-refractivity contribution in [2.75, 3.05) is 0 Å². The molecule has 0 radical (unpaired) electrons. The molecule has 1 aliphatic rings. The maximum Gasteiger partial charge on any atom is 0.113 e. The first kappa shape index (κ1) is 46.3. The van der Waals surface area contributed by atoms with Gasteiger partial charge in [-0.2, -0.15) is 0 Å². The van der Waals surface area contributed by atoms with Crippen LogP contribution in [0.4, 0.5) is 0 Å². The summed E-state index contributed by atoms with van der Waals surface area (Å²) in [5.74, 6) is 0. The van der Waals surface area contributed by atoms with Crippen molar-refractivity contribution in [3.63, 3.8) is 0 Å². The van der Waals surface area contributed by atoms with Crippen LogP contribution in [-0.2, 0) is 0 Å². The number of aromatic nitrogens is 1. The summed E-state index contributed by atoms with van der Waals surface area (Å²) >= 11 is 0. The first-order valence-corrected chi connectivity index (χ1v) is 31.0. The van der Waals surface area contributed by atoms with E-state index in [4.69, 9.17) is 0 Å². The molecular weight excluding hydrogens is 979 g/mol. The Kier molecular flexibility index (Phi) is 10.5. The van der Waals surface area contributed by atoms with Crippen molar-refractivity contribution in [3.05, 3.63) is 285 Å². The van der Waals surface area contributed by atoms with Crippen LogP contribution >= 0.6 is 0 Å². The second-order valence-electron chi connectivity index (χ2n) is 22.4. The molecule has 0 aliphatic carbocycles. The highest BCUT2D eigenvalue weighted by molar-refractivity contribution is 7.03. The van der Waals surface area contributed by atoms with Crippen LogP contribution in [0.1, 0.15) is 0 Å². The summed E-state index contributed by atoms with van der Waals surface area (Å²) in [6.45, 7) is 5.02. The van der Waals surface area contributed by atoms with E-state index in [0.29, 0.717) is 0 Å². The van der Waals surface area contributed by atoms with E-state index in [2.05, 4.69) is 303 Å². The second-order valence-corrected chi connectivity index (χ2v) is 26.7. The molecule has 0 bridgehead atoms. The van der Waals surface area contributed by atoms with Crippen molar-refractivity contribution in [1.29, 1.82) is 0 Å². The van der Waals surface area contributed by atoms with Gasteiger partial charge in [0.2, 0.25) is 0 Å². The van der Waals surface area contributed by atoms with Crippen molar-refractivity contribution in [2.45, 2.75) is 13.1 Å². The normalized spacial score (nSPS) is 12.7. The molecule has 0 unspecified atom stereocenters. The Morgan fingerprint density at radius 2 is 0.575 bits per heavy atom. The van der Waals surface area contributed by atoms with Crippen LogP contribution in [0.25, 0.3) is 148 Å². The molecule has 374 valence electrons. The summed E-state index contributed by atoms with van der Waals surface area (Å²) in [6, 6.07) is 107. The Bertz CT molecular complexity index is 4720. The van der Waals surface area contributed by atoms with Crippen LogP contribution in [0.5, 0.6) is 0 Å². The van der Waals surface area contributed by atoms with Gasteiger partial charge < -0.3 is 4.57 Å². The molecule has 0 spiro atoms. The first-order chi connectivity index (χ1) is 39.4. The molecule has 0 atom stereocenters. The molecule has 0 saturated heterocycles. The fourth-order valence-electron chi connectivity index (χ4n) is 13.5. The van der Waals surface area contributed by atoms with Crippen LogP contribution in [0, 0.1) is 0 Å². The Labute approximate surface area is 467 Å². The number of hydrogen-bond acceptors (Lipinski definition) is 0. The van der Waals surface area contributed by atoms with Crippen LogP contribution in [0.15, 0.2) is 285 Å². The lowest BCUT2D eigenvalue weighted by atomic mass is 9.92. The lowest BCUT2D eigenvalue weighted by molar-refractivity contribution is 1.18. The van der Waals surface area contributed by atoms with Gasteiger partial charge >= 0.3 is 0 Å². The van der Waals surface area contributed by atoms with Crippen molar-refractivity contribution >= 4 is 83.3 Å². The Balaban J connectivity index is 0.748. The molecule has 1 nitrogen and oxygen atoms in total. The predicted octanol–water partition coefficient (Wildman–Crippen LogP) is 20.2. The summed E-state index contributed by atoms with van der Waals surface area (Å²) in [5, 5.41) is 15.8. The minimum atomic E-state index is -1.91. The minimum absolute atomic E-state index is 1.20. The maximum absolute atomic E-state index is 2.51. The monoisotopic (exact) mass is 1030 g/mol. The largest absolute Gasteiger partial charge is 0.309 e. The summed E-state index contributed by atoms with van der Waals surface area (Å²) in [4.78, 5) is 0. The lowest BCUT2D eigenvalue weighted by Crippen LogP contribution is -2.49. The molecule has 0 N–H and O–H groups in total. The van der Waals surface area contributed by atoms with Gasteiger partial charge in [0.05, 0.1) is 11.0 Å². The molecule has 15 aromatic rings. The molecule has 2 heterocycles. The molecule has 0 fully saturated rings. The van der Waals surface area contributed by atoms with Crippen molar-refractivity contribution in [1.82, 2.24) is 4.57 Å². The van der Waals surface area contributed by atoms with E-state index in [1.165, 1.54) is 159 Å². The maximum atomic E-state index is 2.51. The third-order valence-corrected chi connectivity index (χ3v) is 21.2. The summed E-state index contributed by atoms with van der Waals surface area (Å²) in [6.07, 6.45) is 0.